The first kappa shape index (κ1) is 9.14. The van der Waals surface area contributed by atoms with Gasteiger partial charge >= 0.3 is 0 Å². The van der Waals surface area contributed by atoms with Crippen molar-refractivity contribution in [2.75, 3.05) is 19.6 Å². The molecule has 4 rings (SSSR count). The molecule has 0 saturated carbocycles. The summed E-state index contributed by atoms with van der Waals surface area (Å²) in [6, 6.07) is 8.50. The molecule has 2 bridgehead atoms. The predicted octanol–water partition coefficient (Wildman–Crippen LogP) is 2.72. The van der Waals surface area contributed by atoms with E-state index in [1.165, 1.54) is 41.3 Å². The van der Waals surface area contributed by atoms with E-state index in [4.69, 9.17) is 4.98 Å². The van der Waals surface area contributed by atoms with Crippen molar-refractivity contribution in [3.05, 3.63) is 29.3 Å². The monoisotopic (exact) mass is 230 g/mol. The average molecular weight is 230 g/mol. The van der Waals surface area contributed by atoms with Gasteiger partial charge in [0.15, 0.2) is 0 Å². The van der Waals surface area contributed by atoms with Crippen molar-refractivity contribution in [2.45, 2.75) is 12.3 Å². The van der Waals surface area contributed by atoms with Gasteiger partial charge in [-0.2, -0.15) is 0 Å². The summed E-state index contributed by atoms with van der Waals surface area (Å²) in [6.45, 7) is 3.86. The van der Waals surface area contributed by atoms with E-state index in [1.807, 2.05) is 11.3 Å². The number of piperidine rings is 1. The Hall–Kier alpha value is -0.930. The molecule has 0 aliphatic carbocycles. The van der Waals surface area contributed by atoms with Gasteiger partial charge in [-0.05, 0) is 31.0 Å². The van der Waals surface area contributed by atoms with Crippen LogP contribution in [-0.2, 0) is 0 Å². The Morgan fingerprint density at radius 2 is 2.19 bits per heavy atom. The van der Waals surface area contributed by atoms with Crippen molar-refractivity contribution in [3.63, 3.8) is 0 Å². The lowest BCUT2D eigenvalue weighted by Crippen LogP contribution is -2.21. The van der Waals surface area contributed by atoms with Gasteiger partial charge in [0, 0.05) is 19.0 Å². The number of hydrogen-bond donors (Lipinski definition) is 0. The van der Waals surface area contributed by atoms with Crippen molar-refractivity contribution in [3.8, 4) is 0 Å². The lowest BCUT2D eigenvalue weighted by molar-refractivity contribution is 0.346. The highest BCUT2D eigenvalue weighted by atomic mass is 32.1. The van der Waals surface area contributed by atoms with Crippen molar-refractivity contribution in [1.29, 1.82) is 0 Å². The number of aromatic nitrogens is 1. The molecule has 2 aromatic rings. The van der Waals surface area contributed by atoms with Gasteiger partial charge in [0.05, 0.1) is 15.2 Å². The molecular formula is C13H14N2S. The third-order valence-electron chi connectivity index (χ3n) is 3.96. The standard InChI is InChI=1S/C13H14N2S/c1-2-4-12-11(3-1)14-13(16-12)10-8-15-6-5-9(10)7-15/h1-4,9-10H,5-8H2. The van der Waals surface area contributed by atoms with Crippen LogP contribution in [0.3, 0.4) is 0 Å². The molecule has 1 aromatic heterocycles. The molecule has 82 valence electrons. The molecule has 1 aromatic carbocycles. The van der Waals surface area contributed by atoms with Crippen LogP contribution in [0.1, 0.15) is 17.3 Å². The number of para-hydroxylation sites is 1. The summed E-state index contributed by atoms with van der Waals surface area (Å²) in [5.41, 5.74) is 1.18. The number of rotatable bonds is 1. The van der Waals surface area contributed by atoms with Crippen molar-refractivity contribution in [1.82, 2.24) is 9.88 Å². The second kappa shape index (κ2) is 3.28. The lowest BCUT2D eigenvalue weighted by Gasteiger charge is -2.19. The number of fused-ring (bicyclic) bond motifs is 3. The fraction of sp³-hybridized carbons (Fsp3) is 0.462. The molecule has 0 radical (unpaired) electrons. The molecule has 0 amide bonds. The minimum absolute atomic E-state index is 0.714. The van der Waals surface area contributed by atoms with Crippen molar-refractivity contribution in [2.24, 2.45) is 5.92 Å². The molecule has 2 fully saturated rings. The third kappa shape index (κ3) is 1.25. The van der Waals surface area contributed by atoms with E-state index in [1.54, 1.807) is 0 Å². The fourth-order valence-corrected chi connectivity index (χ4v) is 4.26. The van der Waals surface area contributed by atoms with E-state index in [2.05, 4.69) is 29.2 Å². The van der Waals surface area contributed by atoms with Gasteiger partial charge in [-0.25, -0.2) is 4.98 Å². The third-order valence-corrected chi connectivity index (χ3v) is 5.13. The van der Waals surface area contributed by atoms with Gasteiger partial charge in [-0.15, -0.1) is 11.3 Å². The van der Waals surface area contributed by atoms with E-state index in [0.717, 1.165) is 5.92 Å². The molecule has 16 heavy (non-hydrogen) atoms. The molecule has 3 heterocycles. The first-order valence-corrected chi connectivity index (χ1v) is 6.79. The highest BCUT2D eigenvalue weighted by Crippen LogP contribution is 2.41. The summed E-state index contributed by atoms with van der Waals surface area (Å²) in [7, 11) is 0. The quantitative estimate of drug-likeness (QED) is 0.749. The second-order valence-electron chi connectivity index (χ2n) is 4.93. The molecule has 3 unspecified atom stereocenters. The zero-order valence-corrected chi connectivity index (χ0v) is 9.91. The highest BCUT2D eigenvalue weighted by molar-refractivity contribution is 7.18. The first-order valence-electron chi connectivity index (χ1n) is 5.98. The van der Waals surface area contributed by atoms with Gasteiger partial charge in [0.2, 0.25) is 0 Å². The minimum atomic E-state index is 0.714. The SMILES string of the molecule is c1ccc2sc(C3CN4CCC3C4)nc2c1. The Bertz CT molecular complexity index is 500. The number of nitrogens with zero attached hydrogens (tertiary/aromatic N) is 2. The highest BCUT2D eigenvalue weighted by Gasteiger charge is 2.40. The molecule has 2 aliphatic heterocycles. The van der Waals surface area contributed by atoms with Crippen molar-refractivity contribution < 1.29 is 0 Å². The molecule has 3 atom stereocenters. The van der Waals surface area contributed by atoms with E-state index < -0.39 is 0 Å². The Labute approximate surface area is 98.9 Å². The smallest absolute Gasteiger partial charge is 0.0985 e. The summed E-state index contributed by atoms with van der Waals surface area (Å²) < 4.78 is 1.34. The maximum absolute atomic E-state index is 4.81. The normalized spacial score (nSPS) is 32.6. The number of thiazole rings is 1. The van der Waals surface area contributed by atoms with Gasteiger partial charge < -0.3 is 4.90 Å². The van der Waals surface area contributed by atoms with Gasteiger partial charge in [-0.1, -0.05) is 12.1 Å². The van der Waals surface area contributed by atoms with Crippen molar-refractivity contribution >= 4 is 21.6 Å². The van der Waals surface area contributed by atoms with Crippen LogP contribution in [0.2, 0.25) is 0 Å². The molecule has 3 heteroatoms. The van der Waals surface area contributed by atoms with Crippen LogP contribution >= 0.6 is 11.3 Å². The lowest BCUT2D eigenvalue weighted by atomic mass is 9.93. The number of hydrogen-bond acceptors (Lipinski definition) is 3. The molecule has 0 spiro atoms. The summed E-state index contributed by atoms with van der Waals surface area (Å²) in [4.78, 5) is 7.39. The summed E-state index contributed by atoms with van der Waals surface area (Å²) in [5, 5.41) is 1.37. The predicted molar refractivity (Wildman–Crippen MR) is 66.9 cm³/mol. The van der Waals surface area contributed by atoms with Crippen LogP contribution in [0.4, 0.5) is 0 Å². The largest absolute Gasteiger partial charge is 0.302 e. The van der Waals surface area contributed by atoms with E-state index in [0.29, 0.717) is 5.92 Å². The average Bonchev–Trinajstić information content (AvgIpc) is 3.02. The van der Waals surface area contributed by atoms with Crippen LogP contribution in [0.25, 0.3) is 10.2 Å². The maximum Gasteiger partial charge on any atom is 0.0985 e. The number of benzene rings is 1. The minimum Gasteiger partial charge on any atom is -0.302 e. The Morgan fingerprint density at radius 1 is 1.25 bits per heavy atom. The van der Waals surface area contributed by atoms with E-state index >= 15 is 0 Å². The van der Waals surface area contributed by atoms with Crippen LogP contribution in [0.5, 0.6) is 0 Å². The zero-order chi connectivity index (χ0) is 10.5. The van der Waals surface area contributed by atoms with Gasteiger partial charge in [-0.3, -0.25) is 0 Å². The molecular weight excluding hydrogens is 216 g/mol. The first-order chi connectivity index (χ1) is 7.90. The Kier molecular flexibility index (Phi) is 1.87. The van der Waals surface area contributed by atoms with E-state index in [-0.39, 0.29) is 0 Å². The summed E-state index contributed by atoms with van der Waals surface area (Å²) in [5.74, 6) is 1.59. The fourth-order valence-electron chi connectivity index (χ4n) is 3.11. The van der Waals surface area contributed by atoms with Gasteiger partial charge in [0.1, 0.15) is 0 Å². The van der Waals surface area contributed by atoms with Crippen LogP contribution in [0, 0.1) is 5.92 Å². The molecule has 2 nitrogen and oxygen atoms in total. The summed E-state index contributed by atoms with van der Waals surface area (Å²) >= 11 is 1.90. The second-order valence-corrected chi connectivity index (χ2v) is 6.00. The maximum atomic E-state index is 4.81. The van der Waals surface area contributed by atoms with Crippen LogP contribution in [0.15, 0.2) is 24.3 Å². The van der Waals surface area contributed by atoms with Crippen LogP contribution < -0.4 is 0 Å². The molecule has 2 saturated heterocycles. The van der Waals surface area contributed by atoms with Gasteiger partial charge in [0.25, 0.3) is 0 Å². The molecule has 0 N–H and O–H groups in total. The summed E-state index contributed by atoms with van der Waals surface area (Å²) in [6.07, 6.45) is 1.38. The zero-order valence-electron chi connectivity index (χ0n) is 9.10. The Balaban J connectivity index is 1.76. The van der Waals surface area contributed by atoms with E-state index in [9.17, 15) is 0 Å². The van der Waals surface area contributed by atoms with Crippen LogP contribution in [-0.4, -0.2) is 29.5 Å². The topological polar surface area (TPSA) is 16.1 Å². The molecule has 2 aliphatic rings. The Morgan fingerprint density at radius 3 is 2.94 bits per heavy atom.